The molecule has 33 heavy (non-hydrogen) atoms. The van der Waals surface area contributed by atoms with E-state index in [4.69, 9.17) is 32.2 Å². The van der Waals surface area contributed by atoms with Crippen molar-refractivity contribution in [3.8, 4) is 0 Å². The van der Waals surface area contributed by atoms with Crippen molar-refractivity contribution in [2.75, 3.05) is 6.26 Å². The van der Waals surface area contributed by atoms with Crippen LogP contribution in [0.15, 0.2) is 29.4 Å². The third-order valence-corrected chi connectivity index (χ3v) is 6.85. The molecular formula is C21H17Cl2F4NO4S. The van der Waals surface area contributed by atoms with Crippen molar-refractivity contribution in [1.29, 1.82) is 0 Å². The molecule has 1 heterocycles. The molecule has 178 valence electrons. The molecule has 0 spiro atoms. The van der Waals surface area contributed by atoms with Crippen molar-refractivity contribution in [3.63, 3.8) is 0 Å². The molecule has 0 aromatic heterocycles. The summed E-state index contributed by atoms with van der Waals surface area (Å²) in [5.74, 6) is -1.02. The van der Waals surface area contributed by atoms with Crippen LogP contribution in [0.4, 0.5) is 17.6 Å². The molecule has 0 radical (unpaired) electrons. The van der Waals surface area contributed by atoms with Gasteiger partial charge in [-0.05, 0) is 48.1 Å². The second kappa shape index (κ2) is 8.41. The van der Waals surface area contributed by atoms with Crippen molar-refractivity contribution in [2.45, 2.75) is 44.1 Å². The topological polar surface area (TPSA) is 65.0 Å². The van der Waals surface area contributed by atoms with Crippen LogP contribution in [0.5, 0.6) is 0 Å². The minimum absolute atomic E-state index is 0.0672. The first-order valence-electron chi connectivity index (χ1n) is 9.77. The van der Waals surface area contributed by atoms with E-state index in [0.29, 0.717) is 24.0 Å². The van der Waals surface area contributed by atoms with Crippen molar-refractivity contribution in [2.24, 2.45) is 5.16 Å². The Morgan fingerprint density at radius 1 is 1.15 bits per heavy atom. The first kappa shape index (κ1) is 24.3. The lowest BCUT2D eigenvalue weighted by molar-refractivity contribution is -0.275. The summed E-state index contributed by atoms with van der Waals surface area (Å²) in [5.41, 5.74) is -0.535. The largest absolute Gasteiger partial charge is 0.435 e. The van der Waals surface area contributed by atoms with E-state index in [-0.39, 0.29) is 12.3 Å². The second-order valence-corrected chi connectivity index (χ2v) is 10.4. The summed E-state index contributed by atoms with van der Waals surface area (Å²) < 4.78 is 84.2. The molecule has 2 aromatic carbocycles. The third-order valence-electron chi connectivity index (χ3n) is 5.76. The number of hydrogen-bond donors (Lipinski definition) is 0. The predicted molar refractivity (Wildman–Crippen MR) is 114 cm³/mol. The Morgan fingerprint density at radius 2 is 1.79 bits per heavy atom. The highest BCUT2D eigenvalue weighted by molar-refractivity contribution is 7.85. The standard InChI is InChI=1S/C21H17Cl2F4NO4S/c1-33(29,30)31-10-11-5-6-15(14-4-2-3-13(11)14)18-9-20(32-28-18,21(25,26)27)12-7-16(22)19(24)17(23)8-12/h5-8H,2-4,9-10H2,1H3. The first-order chi connectivity index (χ1) is 15.3. The lowest BCUT2D eigenvalue weighted by atomic mass is 9.85. The zero-order chi connectivity index (χ0) is 24.2. The number of benzene rings is 2. The molecule has 0 saturated carbocycles. The molecule has 1 aliphatic heterocycles. The summed E-state index contributed by atoms with van der Waals surface area (Å²) in [4.78, 5) is 5.01. The van der Waals surface area contributed by atoms with E-state index in [9.17, 15) is 26.0 Å². The molecule has 0 fully saturated rings. The molecule has 2 aromatic rings. The predicted octanol–water partition coefficient (Wildman–Crippen LogP) is 5.68. The fourth-order valence-electron chi connectivity index (χ4n) is 4.19. The Hall–Kier alpha value is -1.88. The SMILES string of the molecule is CS(=O)(=O)OCc1ccc(C2=NOC(c3cc(Cl)c(F)c(Cl)c3)(C(F)(F)F)C2)c2c1CCC2. The van der Waals surface area contributed by atoms with Gasteiger partial charge in [0.1, 0.15) is 0 Å². The number of oxime groups is 1. The molecule has 0 saturated heterocycles. The molecule has 0 bridgehead atoms. The van der Waals surface area contributed by atoms with Crippen molar-refractivity contribution in [1.82, 2.24) is 0 Å². The Morgan fingerprint density at radius 3 is 2.39 bits per heavy atom. The molecular weight excluding hydrogens is 509 g/mol. The fourth-order valence-corrected chi connectivity index (χ4v) is 5.02. The monoisotopic (exact) mass is 525 g/mol. The van der Waals surface area contributed by atoms with Crippen LogP contribution in [0.25, 0.3) is 0 Å². The molecule has 4 rings (SSSR count). The van der Waals surface area contributed by atoms with Crippen LogP contribution < -0.4 is 0 Å². The van der Waals surface area contributed by atoms with Crippen LogP contribution in [0.3, 0.4) is 0 Å². The van der Waals surface area contributed by atoms with Gasteiger partial charge in [-0.25, -0.2) is 4.39 Å². The highest BCUT2D eigenvalue weighted by Crippen LogP contribution is 2.50. The van der Waals surface area contributed by atoms with E-state index < -0.39 is 49.7 Å². The van der Waals surface area contributed by atoms with Gasteiger partial charge in [-0.15, -0.1) is 0 Å². The van der Waals surface area contributed by atoms with Gasteiger partial charge in [0.15, 0.2) is 5.82 Å². The van der Waals surface area contributed by atoms with Gasteiger partial charge in [-0.1, -0.05) is 40.5 Å². The Labute approximate surface area is 197 Å². The van der Waals surface area contributed by atoms with Crippen LogP contribution in [0.1, 0.15) is 40.7 Å². The lowest BCUT2D eigenvalue weighted by Gasteiger charge is -2.30. The van der Waals surface area contributed by atoms with Gasteiger partial charge >= 0.3 is 6.18 Å². The summed E-state index contributed by atoms with van der Waals surface area (Å²) in [6.07, 6.45) is -2.66. The van der Waals surface area contributed by atoms with Gasteiger partial charge < -0.3 is 4.84 Å². The maximum absolute atomic E-state index is 14.3. The molecule has 1 unspecified atom stereocenters. The molecule has 5 nitrogen and oxygen atoms in total. The Bertz CT molecular complexity index is 1240. The van der Waals surface area contributed by atoms with E-state index in [1.165, 1.54) is 0 Å². The van der Waals surface area contributed by atoms with Crippen LogP contribution in [-0.4, -0.2) is 26.6 Å². The number of fused-ring (bicyclic) bond motifs is 1. The highest BCUT2D eigenvalue weighted by atomic mass is 35.5. The van der Waals surface area contributed by atoms with E-state index in [2.05, 4.69) is 5.16 Å². The summed E-state index contributed by atoms with van der Waals surface area (Å²) in [6, 6.07) is 4.88. The average molecular weight is 526 g/mol. The van der Waals surface area contributed by atoms with Gasteiger partial charge in [0, 0.05) is 17.5 Å². The maximum atomic E-state index is 14.3. The van der Waals surface area contributed by atoms with Gasteiger partial charge in [0.25, 0.3) is 15.7 Å². The summed E-state index contributed by atoms with van der Waals surface area (Å²) in [5, 5.41) is 2.64. The van der Waals surface area contributed by atoms with Gasteiger partial charge in [-0.2, -0.15) is 21.6 Å². The average Bonchev–Trinajstić information content (AvgIpc) is 3.37. The molecule has 1 atom stereocenters. The number of nitrogens with zero attached hydrogens (tertiary/aromatic N) is 1. The number of rotatable bonds is 5. The quantitative estimate of drug-likeness (QED) is 0.286. The first-order valence-corrected chi connectivity index (χ1v) is 12.3. The second-order valence-electron chi connectivity index (χ2n) is 7.93. The van der Waals surface area contributed by atoms with Crippen LogP contribution in [-0.2, 0) is 44.2 Å². The number of alkyl halides is 3. The van der Waals surface area contributed by atoms with E-state index >= 15 is 0 Å². The lowest BCUT2D eigenvalue weighted by Crippen LogP contribution is -2.42. The molecule has 12 heteroatoms. The normalized spacial score (nSPS) is 20.5. The molecule has 2 aliphatic rings. The van der Waals surface area contributed by atoms with Crippen LogP contribution in [0.2, 0.25) is 10.0 Å². The van der Waals surface area contributed by atoms with Gasteiger partial charge in [-0.3, -0.25) is 4.18 Å². The Kier molecular flexibility index (Phi) is 6.18. The minimum Gasteiger partial charge on any atom is -0.374 e. The molecule has 0 N–H and O–H groups in total. The maximum Gasteiger partial charge on any atom is 0.435 e. The molecule has 0 amide bonds. The van der Waals surface area contributed by atoms with Crippen molar-refractivity contribution < 1.29 is 35.0 Å². The Balaban J connectivity index is 1.72. The van der Waals surface area contributed by atoms with Gasteiger partial charge in [0.05, 0.1) is 28.6 Å². The van der Waals surface area contributed by atoms with Crippen LogP contribution >= 0.6 is 23.2 Å². The number of halogens is 6. The van der Waals surface area contributed by atoms with Crippen molar-refractivity contribution in [3.05, 3.63) is 67.9 Å². The van der Waals surface area contributed by atoms with E-state index in [0.717, 1.165) is 35.9 Å². The van der Waals surface area contributed by atoms with Crippen molar-refractivity contribution >= 4 is 39.0 Å². The van der Waals surface area contributed by atoms with Gasteiger partial charge in [0.2, 0.25) is 0 Å². The summed E-state index contributed by atoms with van der Waals surface area (Å²) >= 11 is 11.5. The summed E-state index contributed by atoms with van der Waals surface area (Å²) in [6.45, 7) is -0.163. The van der Waals surface area contributed by atoms with E-state index in [1.807, 2.05) is 0 Å². The van der Waals surface area contributed by atoms with Crippen LogP contribution in [0, 0.1) is 5.82 Å². The minimum atomic E-state index is -4.91. The third kappa shape index (κ3) is 4.45. The zero-order valence-electron chi connectivity index (χ0n) is 17.1. The highest BCUT2D eigenvalue weighted by Gasteiger charge is 2.62. The molecule has 1 aliphatic carbocycles. The number of hydrogen-bond acceptors (Lipinski definition) is 5. The zero-order valence-corrected chi connectivity index (χ0v) is 19.4. The van der Waals surface area contributed by atoms with E-state index in [1.54, 1.807) is 12.1 Å². The fraction of sp³-hybridized carbons (Fsp3) is 0.381. The summed E-state index contributed by atoms with van der Waals surface area (Å²) in [7, 11) is -3.66. The smallest absolute Gasteiger partial charge is 0.374 e.